The average Bonchev–Trinajstić information content (AvgIpc) is 3.23. The van der Waals surface area contributed by atoms with Gasteiger partial charge in [-0.3, -0.25) is 4.79 Å². The van der Waals surface area contributed by atoms with E-state index in [1.165, 1.54) is 17.1 Å². The molecule has 3 aromatic carbocycles. The zero-order chi connectivity index (χ0) is 21.2. The number of anilines is 1. The lowest BCUT2D eigenvalue weighted by Gasteiger charge is -2.05. The second kappa shape index (κ2) is 8.53. The molecule has 5 aromatic rings. The van der Waals surface area contributed by atoms with E-state index in [0.717, 1.165) is 37.3 Å². The van der Waals surface area contributed by atoms with Crippen molar-refractivity contribution in [3.63, 3.8) is 0 Å². The van der Waals surface area contributed by atoms with Gasteiger partial charge in [0.2, 0.25) is 5.91 Å². The van der Waals surface area contributed by atoms with Gasteiger partial charge in [-0.2, -0.15) is 5.10 Å². The summed E-state index contributed by atoms with van der Waals surface area (Å²) in [5.74, 6) is 0.183. The fraction of sp³-hybridized carbons (Fsp3) is 0.0417. The maximum absolute atomic E-state index is 12.4. The van der Waals surface area contributed by atoms with Gasteiger partial charge in [-0.25, -0.2) is 9.50 Å². The Morgan fingerprint density at radius 2 is 1.84 bits per heavy atom. The normalized spacial score (nSPS) is 11.1. The van der Waals surface area contributed by atoms with Crippen molar-refractivity contribution < 1.29 is 4.79 Å². The van der Waals surface area contributed by atoms with Gasteiger partial charge in [-0.15, -0.1) is 0 Å². The van der Waals surface area contributed by atoms with E-state index in [1.807, 2.05) is 59.2 Å². The second-order valence-electron chi connectivity index (χ2n) is 6.96. The molecule has 0 fully saturated rings. The monoisotopic (exact) mass is 488 g/mol. The van der Waals surface area contributed by atoms with Crippen LogP contribution in [0.5, 0.6) is 0 Å². The smallest absolute Gasteiger partial charge is 0.234 e. The maximum atomic E-state index is 12.4. The van der Waals surface area contributed by atoms with Crippen molar-refractivity contribution in [1.82, 2.24) is 14.6 Å². The SMILES string of the molecule is O=C(CSc1nccn2nc(-c3cccc4ccccc34)cc12)Nc1ccc(Br)cc1. The van der Waals surface area contributed by atoms with Crippen molar-refractivity contribution in [2.75, 3.05) is 11.1 Å². The van der Waals surface area contributed by atoms with Gasteiger partial charge in [0.15, 0.2) is 0 Å². The van der Waals surface area contributed by atoms with Gasteiger partial charge in [0.05, 0.1) is 17.0 Å². The molecule has 1 N–H and O–H groups in total. The molecule has 7 heteroatoms. The van der Waals surface area contributed by atoms with Gasteiger partial charge in [-0.05, 0) is 41.1 Å². The number of hydrogen-bond acceptors (Lipinski definition) is 4. The van der Waals surface area contributed by atoms with Gasteiger partial charge < -0.3 is 5.32 Å². The lowest BCUT2D eigenvalue weighted by molar-refractivity contribution is -0.113. The largest absolute Gasteiger partial charge is 0.325 e. The standard InChI is InChI=1S/C24H17BrN4OS/c25-17-8-10-18(11-9-17)27-23(30)15-31-24-22-14-21(28-29(22)13-12-26-24)20-7-3-5-16-4-1-2-6-19(16)20/h1-14H,15H2,(H,27,30). The summed E-state index contributed by atoms with van der Waals surface area (Å²) in [6.45, 7) is 0. The van der Waals surface area contributed by atoms with E-state index >= 15 is 0 Å². The van der Waals surface area contributed by atoms with E-state index in [9.17, 15) is 4.79 Å². The molecule has 5 rings (SSSR count). The average molecular weight is 489 g/mol. The van der Waals surface area contributed by atoms with Gasteiger partial charge in [0.25, 0.3) is 0 Å². The molecule has 0 aliphatic carbocycles. The van der Waals surface area contributed by atoms with E-state index in [-0.39, 0.29) is 11.7 Å². The highest BCUT2D eigenvalue weighted by atomic mass is 79.9. The number of rotatable bonds is 5. The topological polar surface area (TPSA) is 59.3 Å². The Bertz CT molecular complexity index is 1390. The molecule has 0 radical (unpaired) electrons. The molecule has 31 heavy (non-hydrogen) atoms. The zero-order valence-corrected chi connectivity index (χ0v) is 18.7. The highest BCUT2D eigenvalue weighted by Gasteiger charge is 2.13. The third kappa shape index (κ3) is 4.19. The molecule has 0 bridgehead atoms. The van der Waals surface area contributed by atoms with E-state index in [2.05, 4.69) is 50.5 Å². The van der Waals surface area contributed by atoms with Crippen LogP contribution in [0.25, 0.3) is 27.5 Å². The molecule has 0 spiro atoms. The summed E-state index contributed by atoms with van der Waals surface area (Å²) < 4.78 is 2.79. The summed E-state index contributed by atoms with van der Waals surface area (Å²) in [7, 11) is 0. The van der Waals surface area contributed by atoms with E-state index in [1.54, 1.807) is 6.20 Å². The quantitative estimate of drug-likeness (QED) is 0.306. The molecule has 0 atom stereocenters. The van der Waals surface area contributed by atoms with Crippen molar-refractivity contribution >= 4 is 55.6 Å². The summed E-state index contributed by atoms with van der Waals surface area (Å²) in [5, 5.41) is 10.8. The first-order chi connectivity index (χ1) is 15.2. The number of carbonyl (C=O) groups excluding carboxylic acids is 1. The number of halogens is 1. The second-order valence-corrected chi connectivity index (χ2v) is 8.84. The van der Waals surface area contributed by atoms with E-state index in [0.29, 0.717) is 0 Å². The molecule has 5 nitrogen and oxygen atoms in total. The van der Waals surface area contributed by atoms with Crippen LogP contribution in [-0.2, 0) is 4.79 Å². The van der Waals surface area contributed by atoms with Crippen LogP contribution in [0, 0.1) is 0 Å². The van der Waals surface area contributed by atoms with Crippen LogP contribution in [0.4, 0.5) is 5.69 Å². The number of hydrogen-bond donors (Lipinski definition) is 1. The molecule has 0 unspecified atom stereocenters. The van der Waals surface area contributed by atoms with Crippen molar-refractivity contribution in [2.24, 2.45) is 0 Å². The molecular formula is C24H17BrN4OS. The summed E-state index contributed by atoms with van der Waals surface area (Å²) in [4.78, 5) is 16.9. The van der Waals surface area contributed by atoms with Crippen molar-refractivity contribution in [3.8, 4) is 11.3 Å². The Balaban J connectivity index is 1.40. The molecule has 2 heterocycles. The van der Waals surface area contributed by atoms with Crippen LogP contribution in [0.1, 0.15) is 0 Å². The van der Waals surface area contributed by atoms with Crippen LogP contribution < -0.4 is 5.32 Å². The third-order valence-electron chi connectivity index (χ3n) is 4.89. The van der Waals surface area contributed by atoms with Crippen LogP contribution >= 0.6 is 27.7 Å². The van der Waals surface area contributed by atoms with Crippen LogP contribution in [0.15, 0.2) is 94.7 Å². The molecule has 0 saturated carbocycles. The van der Waals surface area contributed by atoms with E-state index < -0.39 is 0 Å². The number of benzene rings is 3. The summed E-state index contributed by atoms with van der Waals surface area (Å²) in [6.07, 6.45) is 3.54. The van der Waals surface area contributed by atoms with Gasteiger partial charge in [0, 0.05) is 28.1 Å². The number of fused-ring (bicyclic) bond motifs is 2. The number of aromatic nitrogens is 3. The Morgan fingerprint density at radius 3 is 2.71 bits per heavy atom. The number of nitrogens with zero attached hydrogens (tertiary/aromatic N) is 3. The van der Waals surface area contributed by atoms with Crippen molar-refractivity contribution in [2.45, 2.75) is 5.03 Å². The molecular weight excluding hydrogens is 472 g/mol. The van der Waals surface area contributed by atoms with Crippen molar-refractivity contribution in [3.05, 3.63) is 89.7 Å². The van der Waals surface area contributed by atoms with Crippen LogP contribution in [0.2, 0.25) is 0 Å². The summed E-state index contributed by atoms with van der Waals surface area (Å²) >= 11 is 4.79. The molecule has 0 aliphatic heterocycles. The minimum atomic E-state index is -0.0788. The Labute approximate surface area is 191 Å². The van der Waals surface area contributed by atoms with Gasteiger partial charge >= 0.3 is 0 Å². The molecule has 1 amide bonds. The van der Waals surface area contributed by atoms with Crippen LogP contribution in [0.3, 0.4) is 0 Å². The highest BCUT2D eigenvalue weighted by Crippen LogP contribution is 2.30. The number of amides is 1. The van der Waals surface area contributed by atoms with E-state index in [4.69, 9.17) is 5.10 Å². The van der Waals surface area contributed by atoms with Crippen LogP contribution in [-0.4, -0.2) is 26.3 Å². The Morgan fingerprint density at radius 1 is 1.03 bits per heavy atom. The zero-order valence-electron chi connectivity index (χ0n) is 16.3. The molecule has 0 aliphatic rings. The number of nitrogens with one attached hydrogen (secondary N) is 1. The fourth-order valence-corrected chi connectivity index (χ4v) is 4.49. The molecule has 2 aromatic heterocycles. The minimum absolute atomic E-state index is 0.0788. The molecule has 152 valence electrons. The van der Waals surface area contributed by atoms with Gasteiger partial charge in [0.1, 0.15) is 5.03 Å². The van der Waals surface area contributed by atoms with Crippen molar-refractivity contribution in [1.29, 1.82) is 0 Å². The highest BCUT2D eigenvalue weighted by molar-refractivity contribution is 9.10. The molecule has 0 saturated heterocycles. The maximum Gasteiger partial charge on any atom is 0.234 e. The fourth-order valence-electron chi connectivity index (χ4n) is 3.45. The predicted molar refractivity (Wildman–Crippen MR) is 129 cm³/mol. The lowest BCUT2D eigenvalue weighted by atomic mass is 10.0. The third-order valence-corrected chi connectivity index (χ3v) is 6.41. The number of thioether (sulfide) groups is 1. The summed E-state index contributed by atoms with van der Waals surface area (Å²) in [6, 6.07) is 24.0. The lowest BCUT2D eigenvalue weighted by Crippen LogP contribution is -2.14. The summed E-state index contributed by atoms with van der Waals surface area (Å²) in [5.41, 5.74) is 3.60. The first-order valence-electron chi connectivity index (χ1n) is 9.68. The van der Waals surface area contributed by atoms with Gasteiger partial charge in [-0.1, -0.05) is 70.2 Å². The first kappa shape index (κ1) is 19.8. The first-order valence-corrected chi connectivity index (χ1v) is 11.5. The predicted octanol–water partition coefficient (Wildman–Crippen LogP) is 6.04. The Kier molecular flexibility index (Phi) is 5.44. The minimum Gasteiger partial charge on any atom is -0.325 e. The number of carbonyl (C=O) groups is 1. The Hall–Kier alpha value is -3.16.